The maximum atomic E-state index is 5.68. The van der Waals surface area contributed by atoms with Crippen molar-refractivity contribution < 1.29 is 9.47 Å². The van der Waals surface area contributed by atoms with Crippen molar-refractivity contribution in [1.29, 1.82) is 0 Å². The van der Waals surface area contributed by atoms with Gasteiger partial charge in [0.1, 0.15) is 11.5 Å². The largest absolute Gasteiger partial charge is 0.496 e. The molecular weight excluding hydrogens is 327 g/mol. The molecule has 0 N–H and O–H groups in total. The third-order valence-corrected chi connectivity index (χ3v) is 6.72. The summed E-state index contributed by atoms with van der Waals surface area (Å²) in [7, 11) is 2.95. The van der Waals surface area contributed by atoms with Gasteiger partial charge in [-0.25, -0.2) is 0 Å². The van der Waals surface area contributed by atoms with E-state index in [4.69, 9.17) is 9.47 Å². The van der Waals surface area contributed by atoms with Crippen LogP contribution in [0.15, 0.2) is 78.9 Å². The Balaban J connectivity index is 2.01. The minimum atomic E-state index is -0.512. The smallest absolute Gasteiger partial charge is 0.130 e. The summed E-state index contributed by atoms with van der Waals surface area (Å²) in [5.74, 6) is 1.83. The van der Waals surface area contributed by atoms with Crippen molar-refractivity contribution in [2.24, 2.45) is 0 Å². The van der Waals surface area contributed by atoms with Crippen molar-refractivity contribution in [3.8, 4) is 11.5 Å². The van der Waals surface area contributed by atoms with Crippen LogP contribution in [-0.2, 0) is 12.3 Å². The van der Waals surface area contributed by atoms with Gasteiger partial charge in [0.05, 0.1) is 19.5 Å². The van der Waals surface area contributed by atoms with Crippen LogP contribution >= 0.6 is 7.92 Å². The predicted octanol–water partition coefficient (Wildman–Crippen LogP) is 5.21. The highest BCUT2D eigenvalue weighted by atomic mass is 31.1. The number of methoxy groups -OCH3 is 2. The van der Waals surface area contributed by atoms with E-state index in [2.05, 4.69) is 60.7 Å². The number of ether oxygens (including phenoxy) is 2. The maximum Gasteiger partial charge on any atom is 0.130 e. The van der Waals surface area contributed by atoms with Crippen molar-refractivity contribution in [3.63, 3.8) is 0 Å². The van der Waals surface area contributed by atoms with Gasteiger partial charge in [-0.1, -0.05) is 74.7 Å². The average Bonchev–Trinajstić information content (AvgIpc) is 2.68. The van der Waals surface area contributed by atoms with E-state index < -0.39 is 7.92 Å². The molecule has 0 unspecified atom stereocenters. The van der Waals surface area contributed by atoms with E-state index in [1.807, 2.05) is 18.2 Å². The zero-order valence-electron chi connectivity index (χ0n) is 14.7. The Morgan fingerprint density at radius 2 is 1.04 bits per heavy atom. The first-order valence-electron chi connectivity index (χ1n) is 8.35. The molecule has 0 aliphatic carbocycles. The van der Waals surface area contributed by atoms with E-state index in [1.54, 1.807) is 14.2 Å². The fourth-order valence-electron chi connectivity index (χ4n) is 2.96. The average molecular weight is 350 g/mol. The fraction of sp³-hybridized carbons (Fsp3) is 0.182. The summed E-state index contributed by atoms with van der Waals surface area (Å²) < 4.78 is 11.4. The van der Waals surface area contributed by atoms with Crippen LogP contribution in [0, 0.1) is 0 Å². The van der Waals surface area contributed by atoms with Gasteiger partial charge in [0.15, 0.2) is 0 Å². The second-order valence-electron chi connectivity index (χ2n) is 5.84. The standard InChI is InChI=1S/C22H23O2P/c1-23-20-14-9-15-21(24-2)22(20)25(16-18-10-5-3-6-11-18)17-19-12-7-4-8-13-19/h3-15H,16-17H2,1-2H3. The van der Waals surface area contributed by atoms with Gasteiger partial charge in [-0.3, -0.25) is 0 Å². The molecule has 0 heterocycles. The highest BCUT2D eigenvalue weighted by Gasteiger charge is 2.21. The third-order valence-electron chi connectivity index (χ3n) is 4.15. The molecule has 3 aromatic carbocycles. The van der Waals surface area contributed by atoms with E-state index in [1.165, 1.54) is 16.4 Å². The van der Waals surface area contributed by atoms with Crippen molar-refractivity contribution >= 4 is 13.2 Å². The van der Waals surface area contributed by atoms with Gasteiger partial charge in [-0.15, -0.1) is 0 Å². The molecule has 25 heavy (non-hydrogen) atoms. The second-order valence-corrected chi connectivity index (χ2v) is 8.00. The lowest BCUT2D eigenvalue weighted by Gasteiger charge is -2.23. The Bertz CT molecular complexity index is 724. The van der Waals surface area contributed by atoms with Gasteiger partial charge < -0.3 is 9.47 Å². The van der Waals surface area contributed by atoms with E-state index in [9.17, 15) is 0 Å². The summed E-state index contributed by atoms with van der Waals surface area (Å²) in [6.07, 6.45) is 2.00. The third kappa shape index (κ3) is 4.41. The van der Waals surface area contributed by atoms with Crippen LogP contribution < -0.4 is 14.8 Å². The number of hydrogen-bond acceptors (Lipinski definition) is 2. The van der Waals surface area contributed by atoms with Crippen molar-refractivity contribution in [1.82, 2.24) is 0 Å². The van der Waals surface area contributed by atoms with Crippen molar-refractivity contribution in [3.05, 3.63) is 90.0 Å². The Morgan fingerprint density at radius 3 is 1.44 bits per heavy atom. The summed E-state index contributed by atoms with van der Waals surface area (Å²) in [4.78, 5) is 0. The van der Waals surface area contributed by atoms with Gasteiger partial charge in [0, 0.05) is 0 Å². The van der Waals surface area contributed by atoms with Crippen molar-refractivity contribution in [2.45, 2.75) is 12.3 Å². The molecule has 0 amide bonds. The summed E-state index contributed by atoms with van der Waals surface area (Å²) in [6, 6.07) is 27.4. The van der Waals surface area contributed by atoms with Crippen LogP contribution in [-0.4, -0.2) is 14.2 Å². The maximum absolute atomic E-state index is 5.68. The highest BCUT2D eigenvalue weighted by molar-refractivity contribution is 7.64. The molecule has 0 spiro atoms. The molecule has 3 heteroatoms. The minimum Gasteiger partial charge on any atom is -0.496 e. The molecule has 0 aliphatic heterocycles. The summed E-state index contributed by atoms with van der Waals surface area (Å²) in [5, 5.41) is 1.20. The number of rotatable bonds is 7. The molecule has 0 saturated carbocycles. The summed E-state index contributed by atoms with van der Waals surface area (Å²) in [5.41, 5.74) is 2.69. The van der Waals surface area contributed by atoms with Crippen LogP contribution in [0.4, 0.5) is 0 Å². The Labute approximate surface area is 151 Å². The lowest BCUT2D eigenvalue weighted by Crippen LogP contribution is -2.12. The van der Waals surface area contributed by atoms with E-state index in [0.717, 1.165) is 23.8 Å². The molecule has 0 aromatic heterocycles. The van der Waals surface area contributed by atoms with Gasteiger partial charge in [-0.05, 0) is 35.6 Å². The normalized spacial score (nSPS) is 10.7. The lowest BCUT2D eigenvalue weighted by atomic mass is 10.2. The first-order valence-corrected chi connectivity index (χ1v) is 10.1. The molecule has 0 radical (unpaired) electrons. The van der Waals surface area contributed by atoms with Crippen molar-refractivity contribution in [2.75, 3.05) is 14.2 Å². The predicted molar refractivity (Wildman–Crippen MR) is 106 cm³/mol. The van der Waals surface area contributed by atoms with Gasteiger partial charge >= 0.3 is 0 Å². The topological polar surface area (TPSA) is 18.5 Å². The molecular formula is C22H23O2P. The Morgan fingerprint density at radius 1 is 0.600 bits per heavy atom. The fourth-order valence-corrected chi connectivity index (χ4v) is 5.65. The van der Waals surface area contributed by atoms with Gasteiger partial charge in [0.2, 0.25) is 0 Å². The molecule has 3 rings (SSSR count). The minimum absolute atomic E-state index is 0.512. The van der Waals surface area contributed by atoms with Crippen LogP contribution in [0.3, 0.4) is 0 Å². The quantitative estimate of drug-likeness (QED) is 0.545. The first-order chi connectivity index (χ1) is 12.3. The molecule has 0 aliphatic rings. The van der Waals surface area contributed by atoms with E-state index >= 15 is 0 Å². The van der Waals surface area contributed by atoms with Crippen LogP contribution in [0.25, 0.3) is 0 Å². The zero-order valence-corrected chi connectivity index (χ0v) is 15.6. The summed E-state index contributed by atoms with van der Waals surface area (Å²) in [6.45, 7) is 0. The molecule has 128 valence electrons. The number of benzene rings is 3. The van der Waals surface area contributed by atoms with E-state index in [0.29, 0.717) is 0 Å². The molecule has 0 bridgehead atoms. The Kier molecular flexibility index (Phi) is 6.09. The van der Waals surface area contributed by atoms with Gasteiger partial charge in [-0.2, -0.15) is 0 Å². The molecule has 3 aromatic rings. The van der Waals surface area contributed by atoms with Crippen LogP contribution in [0.2, 0.25) is 0 Å². The number of hydrogen-bond donors (Lipinski definition) is 0. The van der Waals surface area contributed by atoms with Crippen LogP contribution in [0.5, 0.6) is 11.5 Å². The molecule has 0 saturated heterocycles. The monoisotopic (exact) mass is 350 g/mol. The molecule has 2 nitrogen and oxygen atoms in total. The molecule has 0 atom stereocenters. The van der Waals surface area contributed by atoms with E-state index in [-0.39, 0.29) is 0 Å². The van der Waals surface area contributed by atoms with Gasteiger partial charge in [0.25, 0.3) is 0 Å². The second kappa shape index (κ2) is 8.69. The molecule has 0 fully saturated rings. The SMILES string of the molecule is COc1cccc(OC)c1P(Cc1ccccc1)Cc1ccccc1. The highest BCUT2D eigenvalue weighted by Crippen LogP contribution is 2.47. The zero-order chi connectivity index (χ0) is 17.5. The Hall–Kier alpha value is -2.31. The van der Waals surface area contributed by atoms with Crippen LogP contribution in [0.1, 0.15) is 11.1 Å². The lowest BCUT2D eigenvalue weighted by molar-refractivity contribution is 0.400. The summed E-state index contributed by atoms with van der Waals surface area (Å²) >= 11 is 0. The first kappa shape index (κ1) is 17.5.